The molecule has 140 valence electrons. The van der Waals surface area contributed by atoms with Crippen molar-refractivity contribution in [3.8, 4) is 11.8 Å². The molecule has 2 N–H and O–H groups in total. The van der Waals surface area contributed by atoms with Gasteiger partial charge in [0.25, 0.3) is 5.56 Å². The van der Waals surface area contributed by atoms with Crippen molar-refractivity contribution in [3.05, 3.63) is 98.9 Å². The Balaban J connectivity index is 1.96. The van der Waals surface area contributed by atoms with Crippen LogP contribution in [-0.4, -0.2) is 4.57 Å². The molecular weight excluding hydrogens is 361 g/mol. The van der Waals surface area contributed by atoms with E-state index in [0.717, 1.165) is 0 Å². The summed E-state index contributed by atoms with van der Waals surface area (Å²) in [5.41, 5.74) is 7.00. The fourth-order valence-corrected chi connectivity index (χ4v) is 3.46. The van der Waals surface area contributed by atoms with Crippen molar-refractivity contribution in [2.45, 2.75) is 19.4 Å². The zero-order valence-corrected chi connectivity index (χ0v) is 15.0. The van der Waals surface area contributed by atoms with Gasteiger partial charge < -0.3 is 19.5 Å². The predicted molar refractivity (Wildman–Crippen MR) is 98.9 cm³/mol. The highest BCUT2D eigenvalue weighted by Crippen LogP contribution is 2.40. The lowest BCUT2D eigenvalue weighted by Gasteiger charge is -2.27. The Kier molecular flexibility index (Phi) is 4.24. The van der Waals surface area contributed by atoms with Gasteiger partial charge in [-0.05, 0) is 36.8 Å². The highest BCUT2D eigenvalue weighted by molar-refractivity contribution is 5.55. The minimum atomic E-state index is -0.819. The highest BCUT2D eigenvalue weighted by atomic mass is 19.1. The molecule has 4 rings (SSSR count). The number of aryl methyl sites for hydroxylation is 1. The number of fused-ring (bicyclic) bond motifs is 1. The number of hydrogen-bond donors (Lipinski definition) is 1. The molecule has 0 bridgehead atoms. The number of pyridine rings is 1. The molecule has 1 aliphatic heterocycles. The summed E-state index contributed by atoms with van der Waals surface area (Å²) in [5.74, 6) is -0.500. The van der Waals surface area contributed by atoms with Gasteiger partial charge in [0, 0.05) is 11.8 Å². The number of nitriles is 1. The SMILES string of the molecule is Cc1cc2c(c(=O)n1Cc1ccco1)[C@@H](c1cccc(F)c1)C(C#N)=C(N)O2. The van der Waals surface area contributed by atoms with Crippen molar-refractivity contribution < 1.29 is 13.5 Å². The van der Waals surface area contributed by atoms with E-state index in [9.17, 15) is 14.4 Å². The molecule has 1 aromatic carbocycles. The van der Waals surface area contributed by atoms with Crippen LogP contribution in [0.3, 0.4) is 0 Å². The van der Waals surface area contributed by atoms with E-state index in [0.29, 0.717) is 17.0 Å². The van der Waals surface area contributed by atoms with Crippen LogP contribution in [-0.2, 0) is 6.54 Å². The first-order valence-corrected chi connectivity index (χ1v) is 8.59. The first-order valence-electron chi connectivity index (χ1n) is 8.59. The predicted octanol–water partition coefficient (Wildman–Crippen LogP) is 3.16. The van der Waals surface area contributed by atoms with E-state index in [2.05, 4.69) is 0 Å². The summed E-state index contributed by atoms with van der Waals surface area (Å²) in [6.45, 7) is 1.99. The normalized spacial score (nSPS) is 15.7. The Morgan fingerprint density at radius 1 is 1.29 bits per heavy atom. The van der Waals surface area contributed by atoms with Crippen LogP contribution in [0.5, 0.6) is 5.75 Å². The molecule has 0 spiro atoms. The molecule has 0 radical (unpaired) electrons. The Bertz CT molecular complexity index is 1190. The number of ether oxygens (including phenoxy) is 1. The fraction of sp³-hybridized carbons (Fsp3) is 0.143. The standard InChI is InChI=1S/C21H16FN3O3/c1-12-8-17-19(21(26)25(12)11-15-6-3-7-27-15)18(16(10-23)20(24)28-17)13-4-2-5-14(22)9-13/h2-9,18H,11,24H2,1H3/t18-/m0/s1. The molecule has 0 amide bonds. The topological polar surface area (TPSA) is 94.2 Å². The smallest absolute Gasteiger partial charge is 0.259 e. The van der Waals surface area contributed by atoms with Crippen LogP contribution in [0.15, 0.2) is 69.4 Å². The maximum absolute atomic E-state index is 13.9. The number of furan rings is 1. The summed E-state index contributed by atoms with van der Waals surface area (Å²) in [4.78, 5) is 13.4. The lowest BCUT2D eigenvalue weighted by atomic mass is 9.84. The van der Waals surface area contributed by atoms with Crippen molar-refractivity contribution in [2.75, 3.05) is 0 Å². The molecule has 6 nitrogen and oxygen atoms in total. The minimum Gasteiger partial charge on any atom is -0.467 e. The molecule has 7 heteroatoms. The molecule has 1 atom stereocenters. The van der Waals surface area contributed by atoms with Crippen molar-refractivity contribution in [2.24, 2.45) is 5.73 Å². The molecule has 0 unspecified atom stereocenters. The Morgan fingerprint density at radius 3 is 2.79 bits per heavy atom. The van der Waals surface area contributed by atoms with Gasteiger partial charge in [0.1, 0.15) is 29.0 Å². The van der Waals surface area contributed by atoms with Crippen LogP contribution in [0.25, 0.3) is 0 Å². The monoisotopic (exact) mass is 377 g/mol. The van der Waals surface area contributed by atoms with Gasteiger partial charge in [-0.15, -0.1) is 0 Å². The number of aromatic nitrogens is 1. The van der Waals surface area contributed by atoms with E-state index in [-0.39, 0.29) is 34.9 Å². The van der Waals surface area contributed by atoms with Crippen LogP contribution in [0.2, 0.25) is 0 Å². The van der Waals surface area contributed by atoms with E-state index in [4.69, 9.17) is 14.9 Å². The second kappa shape index (κ2) is 6.74. The molecule has 1 aliphatic rings. The summed E-state index contributed by atoms with van der Waals surface area (Å²) in [6, 6.07) is 13.0. The van der Waals surface area contributed by atoms with Gasteiger partial charge in [-0.3, -0.25) is 4.79 Å². The maximum atomic E-state index is 13.9. The Hall–Kier alpha value is -3.79. The molecular formula is C21H16FN3O3. The van der Waals surface area contributed by atoms with E-state index >= 15 is 0 Å². The van der Waals surface area contributed by atoms with Gasteiger partial charge in [-0.25, -0.2) is 4.39 Å². The number of nitrogens with zero attached hydrogens (tertiary/aromatic N) is 2. The van der Waals surface area contributed by atoms with Crippen LogP contribution in [0.4, 0.5) is 4.39 Å². The van der Waals surface area contributed by atoms with E-state index < -0.39 is 11.7 Å². The molecule has 2 aromatic heterocycles. The maximum Gasteiger partial charge on any atom is 0.259 e. The molecule has 0 saturated carbocycles. The lowest BCUT2D eigenvalue weighted by Crippen LogP contribution is -2.33. The number of hydrogen-bond acceptors (Lipinski definition) is 5. The Morgan fingerprint density at radius 2 is 2.11 bits per heavy atom. The van der Waals surface area contributed by atoms with E-state index in [1.165, 1.54) is 29.0 Å². The third-order valence-electron chi connectivity index (χ3n) is 4.77. The first kappa shape index (κ1) is 17.6. The van der Waals surface area contributed by atoms with Crippen molar-refractivity contribution in [1.82, 2.24) is 4.57 Å². The van der Waals surface area contributed by atoms with E-state index in [1.807, 2.05) is 6.07 Å². The largest absolute Gasteiger partial charge is 0.467 e. The van der Waals surface area contributed by atoms with Crippen molar-refractivity contribution in [3.63, 3.8) is 0 Å². The van der Waals surface area contributed by atoms with Crippen LogP contribution in [0.1, 0.15) is 28.5 Å². The average Bonchev–Trinajstić information content (AvgIpc) is 3.17. The zero-order valence-electron chi connectivity index (χ0n) is 15.0. The minimum absolute atomic E-state index is 0.0728. The van der Waals surface area contributed by atoms with Crippen LogP contribution in [0, 0.1) is 24.1 Å². The molecule has 0 fully saturated rings. The summed E-state index contributed by atoms with van der Waals surface area (Å²) >= 11 is 0. The van der Waals surface area contributed by atoms with Gasteiger partial charge in [0.15, 0.2) is 0 Å². The number of halogens is 1. The zero-order chi connectivity index (χ0) is 19.8. The third kappa shape index (κ3) is 2.85. The molecule has 0 aliphatic carbocycles. The lowest BCUT2D eigenvalue weighted by molar-refractivity contribution is 0.387. The van der Waals surface area contributed by atoms with Gasteiger partial charge in [0.05, 0.1) is 24.3 Å². The summed E-state index contributed by atoms with van der Waals surface area (Å²) in [6.07, 6.45) is 1.53. The second-order valence-electron chi connectivity index (χ2n) is 6.51. The first-order chi connectivity index (χ1) is 13.5. The fourth-order valence-electron chi connectivity index (χ4n) is 3.46. The molecule has 28 heavy (non-hydrogen) atoms. The van der Waals surface area contributed by atoms with Crippen LogP contribution < -0.4 is 16.0 Å². The molecule has 3 aromatic rings. The Labute approximate surface area is 159 Å². The number of rotatable bonds is 3. The number of nitrogens with two attached hydrogens (primary N) is 1. The average molecular weight is 377 g/mol. The van der Waals surface area contributed by atoms with Gasteiger partial charge in [-0.1, -0.05) is 12.1 Å². The number of allylic oxidation sites excluding steroid dienone is 1. The quantitative estimate of drug-likeness (QED) is 0.757. The van der Waals surface area contributed by atoms with Crippen LogP contribution >= 0.6 is 0 Å². The molecule has 0 saturated heterocycles. The van der Waals surface area contributed by atoms with Gasteiger partial charge >= 0.3 is 0 Å². The second-order valence-corrected chi connectivity index (χ2v) is 6.51. The highest BCUT2D eigenvalue weighted by Gasteiger charge is 2.34. The third-order valence-corrected chi connectivity index (χ3v) is 4.77. The summed E-state index contributed by atoms with van der Waals surface area (Å²) < 4.78 is 26.3. The van der Waals surface area contributed by atoms with Gasteiger partial charge in [-0.2, -0.15) is 5.26 Å². The summed E-state index contributed by atoms with van der Waals surface area (Å²) in [5, 5.41) is 9.62. The number of benzene rings is 1. The summed E-state index contributed by atoms with van der Waals surface area (Å²) in [7, 11) is 0. The van der Waals surface area contributed by atoms with Crippen molar-refractivity contribution in [1.29, 1.82) is 5.26 Å². The van der Waals surface area contributed by atoms with E-state index in [1.54, 1.807) is 31.2 Å². The van der Waals surface area contributed by atoms with Crippen molar-refractivity contribution >= 4 is 0 Å². The molecule has 3 heterocycles. The van der Waals surface area contributed by atoms with Gasteiger partial charge in [0.2, 0.25) is 5.88 Å².